The Morgan fingerprint density at radius 3 is 2.65 bits per heavy atom. The highest BCUT2D eigenvalue weighted by atomic mass is 32.2. The van der Waals surface area contributed by atoms with Crippen LogP contribution >= 0.6 is 0 Å². The maximum atomic E-state index is 12.3. The summed E-state index contributed by atoms with van der Waals surface area (Å²) in [6, 6.07) is 14.4. The Balaban J connectivity index is 1.60. The fourth-order valence-corrected chi connectivity index (χ4v) is 4.47. The summed E-state index contributed by atoms with van der Waals surface area (Å²) in [6.45, 7) is 2.62. The number of amides is 1. The number of benzene rings is 2. The minimum absolute atomic E-state index is 0.141. The molecule has 1 aliphatic rings. The summed E-state index contributed by atoms with van der Waals surface area (Å²) in [4.78, 5) is 12.3. The van der Waals surface area contributed by atoms with E-state index in [1.807, 2.05) is 37.3 Å². The Bertz CT molecular complexity index is 897. The van der Waals surface area contributed by atoms with E-state index in [2.05, 4.69) is 5.32 Å². The Morgan fingerprint density at radius 1 is 1.23 bits per heavy atom. The summed E-state index contributed by atoms with van der Waals surface area (Å²) in [5, 5.41) is 2.82. The number of carbonyl (C=O) groups excluding carboxylic acids is 1. The van der Waals surface area contributed by atoms with E-state index < -0.39 is 10.0 Å². The number of hydrogen-bond donors (Lipinski definition) is 1. The monoisotopic (exact) mass is 374 g/mol. The predicted octanol–water partition coefficient (Wildman–Crippen LogP) is 2.21. The van der Waals surface area contributed by atoms with E-state index in [0.717, 1.165) is 11.3 Å². The fraction of sp³-hybridized carbons (Fsp3) is 0.316. The minimum Gasteiger partial charge on any atom is -0.492 e. The zero-order valence-electron chi connectivity index (χ0n) is 14.8. The maximum absolute atomic E-state index is 12.3. The summed E-state index contributed by atoms with van der Waals surface area (Å²) in [5.41, 5.74) is 2.05. The van der Waals surface area contributed by atoms with E-state index in [4.69, 9.17) is 4.74 Å². The van der Waals surface area contributed by atoms with Crippen molar-refractivity contribution in [2.45, 2.75) is 19.4 Å². The molecule has 0 saturated carbocycles. The van der Waals surface area contributed by atoms with Crippen molar-refractivity contribution in [2.24, 2.45) is 0 Å². The topological polar surface area (TPSA) is 75.7 Å². The summed E-state index contributed by atoms with van der Waals surface area (Å²) in [6.07, 6.45) is 1.80. The Kier molecular flexibility index (Phi) is 5.18. The molecular weight excluding hydrogens is 352 g/mol. The van der Waals surface area contributed by atoms with Gasteiger partial charge in [0.05, 0.1) is 18.5 Å². The zero-order valence-corrected chi connectivity index (χ0v) is 15.6. The van der Waals surface area contributed by atoms with Crippen LogP contribution in [0.2, 0.25) is 0 Å². The third kappa shape index (κ3) is 3.99. The van der Waals surface area contributed by atoms with Gasteiger partial charge < -0.3 is 10.1 Å². The van der Waals surface area contributed by atoms with E-state index >= 15 is 0 Å². The lowest BCUT2D eigenvalue weighted by Gasteiger charge is -2.21. The van der Waals surface area contributed by atoms with Gasteiger partial charge in [0.2, 0.25) is 10.0 Å². The molecule has 0 radical (unpaired) electrons. The van der Waals surface area contributed by atoms with Crippen molar-refractivity contribution < 1.29 is 17.9 Å². The highest BCUT2D eigenvalue weighted by Crippen LogP contribution is 2.34. The van der Waals surface area contributed by atoms with Gasteiger partial charge in [0.25, 0.3) is 5.91 Å². The van der Waals surface area contributed by atoms with E-state index in [-0.39, 0.29) is 11.9 Å². The first-order valence-corrected chi connectivity index (χ1v) is 10.3. The largest absolute Gasteiger partial charge is 0.492 e. The molecule has 1 N–H and O–H groups in total. The van der Waals surface area contributed by atoms with Gasteiger partial charge in [-0.15, -0.1) is 0 Å². The van der Waals surface area contributed by atoms with E-state index in [9.17, 15) is 13.2 Å². The molecule has 26 heavy (non-hydrogen) atoms. The van der Waals surface area contributed by atoms with Crippen molar-refractivity contribution in [1.29, 1.82) is 0 Å². The van der Waals surface area contributed by atoms with Gasteiger partial charge in [-0.1, -0.05) is 18.2 Å². The molecule has 0 bridgehead atoms. The Labute approximate surface area is 153 Å². The van der Waals surface area contributed by atoms with Gasteiger partial charge >= 0.3 is 0 Å². The number of ether oxygens (including phenoxy) is 1. The lowest BCUT2D eigenvalue weighted by atomic mass is 10.1. The molecule has 0 saturated heterocycles. The molecule has 0 spiro atoms. The molecule has 7 heteroatoms. The lowest BCUT2D eigenvalue weighted by Crippen LogP contribution is -2.34. The van der Waals surface area contributed by atoms with Crippen molar-refractivity contribution in [3.05, 3.63) is 59.7 Å². The zero-order chi connectivity index (χ0) is 18.7. The first-order chi connectivity index (χ1) is 12.4. The Hall–Kier alpha value is -2.54. The number of fused-ring (bicyclic) bond motifs is 1. The van der Waals surface area contributed by atoms with E-state index in [0.29, 0.717) is 30.8 Å². The molecule has 3 rings (SSSR count). The Morgan fingerprint density at radius 2 is 1.96 bits per heavy atom. The van der Waals surface area contributed by atoms with Crippen molar-refractivity contribution in [3.63, 3.8) is 0 Å². The van der Waals surface area contributed by atoms with Gasteiger partial charge in [-0.25, -0.2) is 8.42 Å². The van der Waals surface area contributed by atoms with Crippen molar-refractivity contribution in [1.82, 2.24) is 5.32 Å². The molecule has 1 heterocycles. The predicted molar refractivity (Wildman–Crippen MR) is 101 cm³/mol. The van der Waals surface area contributed by atoms with Crippen LogP contribution in [0, 0.1) is 0 Å². The quantitative estimate of drug-likeness (QED) is 0.787. The van der Waals surface area contributed by atoms with Crippen LogP contribution in [0.15, 0.2) is 48.5 Å². The minimum atomic E-state index is -3.33. The van der Waals surface area contributed by atoms with Crippen molar-refractivity contribution in [3.8, 4) is 5.75 Å². The van der Waals surface area contributed by atoms with Gasteiger partial charge in [-0.2, -0.15) is 0 Å². The highest BCUT2D eigenvalue weighted by molar-refractivity contribution is 7.92. The van der Waals surface area contributed by atoms with Gasteiger partial charge in [-0.3, -0.25) is 9.10 Å². The molecule has 2 aromatic rings. The molecule has 1 atom stereocenters. The van der Waals surface area contributed by atoms with Crippen LogP contribution in [0.5, 0.6) is 5.75 Å². The molecule has 1 amide bonds. The highest BCUT2D eigenvalue weighted by Gasteiger charge is 2.32. The van der Waals surface area contributed by atoms with Gasteiger partial charge in [0.1, 0.15) is 12.4 Å². The van der Waals surface area contributed by atoms with Crippen LogP contribution < -0.4 is 14.4 Å². The first-order valence-electron chi connectivity index (χ1n) is 8.44. The smallest absolute Gasteiger partial charge is 0.251 e. The standard InChI is InChI=1S/C19H22N2O4S/c1-14-12-16-13-15(8-9-18(16)21(14)26(2,23)24)19(22)20-10-11-25-17-6-4-3-5-7-17/h3-9,13-14H,10-12H2,1-2H3,(H,20,22). The molecular formula is C19H22N2O4S. The second-order valence-electron chi connectivity index (χ2n) is 6.37. The van der Waals surface area contributed by atoms with E-state index in [1.165, 1.54) is 10.6 Å². The summed E-state index contributed by atoms with van der Waals surface area (Å²) in [5.74, 6) is 0.559. The van der Waals surface area contributed by atoms with Crippen LogP contribution in [0.1, 0.15) is 22.8 Å². The van der Waals surface area contributed by atoms with Crippen LogP contribution in [-0.2, 0) is 16.4 Å². The summed E-state index contributed by atoms with van der Waals surface area (Å²) in [7, 11) is -3.33. The van der Waals surface area contributed by atoms with Gasteiger partial charge in [0.15, 0.2) is 0 Å². The molecule has 1 unspecified atom stereocenters. The van der Waals surface area contributed by atoms with Crippen molar-refractivity contribution >= 4 is 21.6 Å². The molecule has 0 fully saturated rings. The first kappa shape index (κ1) is 18.3. The van der Waals surface area contributed by atoms with Crippen LogP contribution in [0.3, 0.4) is 0 Å². The number of sulfonamides is 1. The molecule has 2 aromatic carbocycles. The number of rotatable bonds is 6. The molecule has 138 valence electrons. The lowest BCUT2D eigenvalue weighted by molar-refractivity contribution is 0.0947. The number of para-hydroxylation sites is 1. The number of carbonyl (C=O) groups is 1. The third-order valence-electron chi connectivity index (χ3n) is 4.25. The molecule has 1 aliphatic heterocycles. The SMILES string of the molecule is CC1Cc2cc(C(=O)NCCOc3ccccc3)ccc2N1S(C)(=O)=O. The molecule has 0 aromatic heterocycles. The van der Waals surface area contributed by atoms with Crippen molar-refractivity contribution in [2.75, 3.05) is 23.7 Å². The van der Waals surface area contributed by atoms with Crippen LogP contribution in [0.25, 0.3) is 0 Å². The third-order valence-corrected chi connectivity index (χ3v) is 5.52. The maximum Gasteiger partial charge on any atom is 0.251 e. The normalized spacial score (nSPS) is 16.2. The van der Waals surface area contributed by atoms with Gasteiger partial charge in [0, 0.05) is 11.6 Å². The number of nitrogens with one attached hydrogen (secondary N) is 1. The molecule has 0 aliphatic carbocycles. The average molecular weight is 374 g/mol. The second-order valence-corrected chi connectivity index (χ2v) is 8.23. The fourth-order valence-electron chi connectivity index (χ4n) is 3.20. The molecule has 6 nitrogen and oxygen atoms in total. The van der Waals surface area contributed by atoms with Crippen LogP contribution in [0.4, 0.5) is 5.69 Å². The van der Waals surface area contributed by atoms with Crippen LogP contribution in [-0.4, -0.2) is 39.8 Å². The average Bonchev–Trinajstić information content (AvgIpc) is 2.94. The summed E-state index contributed by atoms with van der Waals surface area (Å²) < 4.78 is 30.9. The van der Waals surface area contributed by atoms with E-state index in [1.54, 1.807) is 18.2 Å². The summed E-state index contributed by atoms with van der Waals surface area (Å²) >= 11 is 0. The number of hydrogen-bond acceptors (Lipinski definition) is 4. The number of anilines is 1. The number of nitrogens with zero attached hydrogens (tertiary/aromatic N) is 1. The second kappa shape index (κ2) is 7.37. The van der Waals surface area contributed by atoms with Gasteiger partial charge in [-0.05, 0) is 49.2 Å².